The summed E-state index contributed by atoms with van der Waals surface area (Å²) in [5, 5.41) is 1.17. The van der Waals surface area contributed by atoms with Crippen LogP contribution in [-0.2, 0) is 0 Å². The Balaban J connectivity index is 3.09. The van der Waals surface area contributed by atoms with Crippen molar-refractivity contribution in [1.29, 1.82) is 0 Å². The first kappa shape index (κ1) is 19.0. The molecule has 0 N–H and O–H groups in total. The Hall–Kier alpha value is -0.0400. The molecule has 0 saturated heterocycles. The van der Waals surface area contributed by atoms with E-state index in [0.29, 0.717) is 0 Å². The summed E-state index contributed by atoms with van der Waals surface area (Å²) < 4.78 is 0. The largest absolute Gasteiger partial charge is 0.0928 e. The van der Waals surface area contributed by atoms with Gasteiger partial charge in [-0.25, -0.2) is 0 Å². The third-order valence-electron chi connectivity index (χ3n) is 3.36. The Bertz CT molecular complexity index is 206. The second kappa shape index (κ2) is 18.0. The lowest BCUT2D eigenvalue weighted by molar-refractivity contribution is 0.579. The van der Waals surface area contributed by atoms with Crippen LogP contribution in [0, 0.1) is 0 Å². The van der Waals surface area contributed by atoms with E-state index >= 15 is 0 Å². The zero-order chi connectivity index (χ0) is 14.0. The lowest BCUT2D eigenvalue weighted by Crippen LogP contribution is -1.81. The minimum Gasteiger partial charge on any atom is -0.0928 e. The minimum absolute atomic E-state index is 1.17. The third kappa shape index (κ3) is 18.0. The van der Waals surface area contributed by atoms with Crippen LogP contribution in [0.5, 0.6) is 0 Å². The third-order valence-corrected chi connectivity index (χ3v) is 3.92. The number of allylic oxidation sites excluding steroid dienone is 4. The smallest absolute Gasteiger partial charge is 0.00313 e. The van der Waals surface area contributed by atoms with E-state index in [1.165, 1.54) is 82.4 Å². The molecule has 0 bridgehead atoms. The van der Waals surface area contributed by atoms with Crippen LogP contribution in [0.15, 0.2) is 24.3 Å². The van der Waals surface area contributed by atoms with Crippen molar-refractivity contribution < 1.29 is 0 Å². The summed E-state index contributed by atoms with van der Waals surface area (Å²) >= 11 is 3.48. The van der Waals surface area contributed by atoms with Gasteiger partial charge in [0.2, 0.25) is 0 Å². The molecule has 0 rings (SSSR count). The van der Waals surface area contributed by atoms with Gasteiger partial charge in [-0.05, 0) is 25.7 Å². The number of alkyl halides is 1. The highest BCUT2D eigenvalue weighted by molar-refractivity contribution is 9.09. The van der Waals surface area contributed by atoms with Crippen molar-refractivity contribution in [3.05, 3.63) is 24.3 Å². The summed E-state index contributed by atoms with van der Waals surface area (Å²) in [6.45, 7) is 2.24. The molecule has 0 aliphatic heterocycles. The summed E-state index contributed by atoms with van der Waals surface area (Å²) in [6.07, 6.45) is 25.4. The molecule has 112 valence electrons. The molecule has 1 heteroatoms. The van der Waals surface area contributed by atoms with Gasteiger partial charge in [0.1, 0.15) is 0 Å². The molecular weight excluding hydrogens is 296 g/mol. The van der Waals surface area contributed by atoms with Gasteiger partial charge in [-0.2, -0.15) is 0 Å². The molecule has 0 heterocycles. The highest BCUT2D eigenvalue weighted by Crippen LogP contribution is 2.10. The number of halogens is 1. The molecule has 0 saturated carbocycles. The zero-order valence-corrected chi connectivity index (χ0v) is 14.5. The quantitative estimate of drug-likeness (QED) is 0.180. The van der Waals surface area contributed by atoms with Crippen LogP contribution in [0.3, 0.4) is 0 Å². The van der Waals surface area contributed by atoms with Gasteiger partial charge < -0.3 is 0 Å². The van der Waals surface area contributed by atoms with Gasteiger partial charge in [-0.3, -0.25) is 0 Å². The average molecular weight is 329 g/mol. The van der Waals surface area contributed by atoms with E-state index in [-0.39, 0.29) is 0 Å². The molecule has 0 spiro atoms. The maximum absolute atomic E-state index is 3.48. The Morgan fingerprint density at radius 3 is 1.63 bits per heavy atom. The van der Waals surface area contributed by atoms with Crippen LogP contribution >= 0.6 is 15.9 Å². The molecule has 0 unspecified atom stereocenters. The van der Waals surface area contributed by atoms with Gasteiger partial charge in [0.15, 0.2) is 0 Å². The average Bonchev–Trinajstić information content (AvgIpc) is 2.43. The number of rotatable bonds is 14. The van der Waals surface area contributed by atoms with Gasteiger partial charge in [-0.1, -0.05) is 98.5 Å². The van der Waals surface area contributed by atoms with E-state index < -0.39 is 0 Å². The molecule has 0 radical (unpaired) electrons. The zero-order valence-electron chi connectivity index (χ0n) is 12.9. The molecule has 0 aliphatic carbocycles. The summed E-state index contributed by atoms with van der Waals surface area (Å²) in [4.78, 5) is 0. The molecule has 0 amide bonds. The lowest BCUT2D eigenvalue weighted by Gasteiger charge is -2.00. The number of hydrogen-bond donors (Lipinski definition) is 0. The molecule has 0 aliphatic rings. The van der Waals surface area contributed by atoms with Gasteiger partial charge in [0.05, 0.1) is 0 Å². The van der Waals surface area contributed by atoms with E-state index in [0.717, 1.165) is 0 Å². The van der Waals surface area contributed by atoms with Crippen molar-refractivity contribution in [2.24, 2.45) is 0 Å². The van der Waals surface area contributed by atoms with E-state index in [1.807, 2.05) is 0 Å². The monoisotopic (exact) mass is 328 g/mol. The summed E-state index contributed by atoms with van der Waals surface area (Å²) in [5.74, 6) is 0. The van der Waals surface area contributed by atoms with Crippen LogP contribution < -0.4 is 0 Å². The predicted octanol–water partition coefficient (Wildman–Crippen LogP) is 7.19. The first-order chi connectivity index (χ1) is 9.41. The Labute approximate surface area is 129 Å². The van der Waals surface area contributed by atoms with E-state index in [2.05, 4.69) is 47.2 Å². The van der Waals surface area contributed by atoms with Crippen molar-refractivity contribution in [2.75, 3.05) is 5.33 Å². The topological polar surface area (TPSA) is 0 Å². The maximum Gasteiger partial charge on any atom is 0.00313 e. The molecule has 0 fully saturated rings. The van der Waals surface area contributed by atoms with Crippen LogP contribution in [0.25, 0.3) is 0 Å². The van der Waals surface area contributed by atoms with Gasteiger partial charge in [0.25, 0.3) is 0 Å². The predicted molar refractivity (Wildman–Crippen MR) is 93.2 cm³/mol. The van der Waals surface area contributed by atoms with Crippen molar-refractivity contribution in [2.45, 2.75) is 84.0 Å². The second-order valence-electron chi connectivity index (χ2n) is 5.30. The van der Waals surface area contributed by atoms with Crippen LogP contribution in [0.2, 0.25) is 0 Å². The standard InChI is InChI=1S/C18H33Br/c1-2-3-4-5-6-7-8-9-10-11-12-13-14-15-16-17-18-19/h5-8H,2-4,9-18H2,1H3/b6-5-,8-7-. The molecular formula is C18H33Br. The lowest BCUT2D eigenvalue weighted by atomic mass is 10.1. The van der Waals surface area contributed by atoms with Crippen molar-refractivity contribution in [3.8, 4) is 0 Å². The maximum atomic E-state index is 3.48. The van der Waals surface area contributed by atoms with E-state index in [9.17, 15) is 0 Å². The van der Waals surface area contributed by atoms with E-state index in [1.54, 1.807) is 0 Å². The first-order valence-corrected chi connectivity index (χ1v) is 9.41. The highest BCUT2D eigenvalue weighted by atomic mass is 79.9. The van der Waals surface area contributed by atoms with Gasteiger partial charge in [0, 0.05) is 5.33 Å². The number of hydrogen-bond acceptors (Lipinski definition) is 0. The molecule has 0 aromatic carbocycles. The molecule has 0 aromatic rings. The Morgan fingerprint density at radius 1 is 0.632 bits per heavy atom. The Morgan fingerprint density at radius 2 is 1.11 bits per heavy atom. The fourth-order valence-electron chi connectivity index (χ4n) is 2.09. The number of unbranched alkanes of at least 4 members (excludes halogenated alkanes) is 10. The molecule has 0 atom stereocenters. The normalized spacial score (nSPS) is 11.9. The van der Waals surface area contributed by atoms with Crippen LogP contribution in [0.1, 0.15) is 84.0 Å². The van der Waals surface area contributed by atoms with Crippen LogP contribution in [-0.4, -0.2) is 5.33 Å². The van der Waals surface area contributed by atoms with Crippen molar-refractivity contribution >= 4 is 15.9 Å². The highest BCUT2D eigenvalue weighted by Gasteiger charge is 1.91. The second-order valence-corrected chi connectivity index (χ2v) is 6.10. The SMILES string of the molecule is CCCC/C=C\C=C/CCCCCCCCCCBr. The fourth-order valence-corrected chi connectivity index (χ4v) is 2.49. The molecule has 0 aromatic heterocycles. The Kier molecular flexibility index (Phi) is 17.9. The first-order valence-electron chi connectivity index (χ1n) is 8.29. The van der Waals surface area contributed by atoms with Gasteiger partial charge >= 0.3 is 0 Å². The van der Waals surface area contributed by atoms with Crippen LogP contribution in [0.4, 0.5) is 0 Å². The summed E-state index contributed by atoms with van der Waals surface area (Å²) in [5.41, 5.74) is 0. The minimum atomic E-state index is 1.17. The summed E-state index contributed by atoms with van der Waals surface area (Å²) in [7, 11) is 0. The summed E-state index contributed by atoms with van der Waals surface area (Å²) in [6, 6.07) is 0. The van der Waals surface area contributed by atoms with E-state index in [4.69, 9.17) is 0 Å². The molecule has 19 heavy (non-hydrogen) atoms. The molecule has 0 nitrogen and oxygen atoms in total. The fraction of sp³-hybridized carbons (Fsp3) is 0.778. The van der Waals surface area contributed by atoms with Crippen molar-refractivity contribution in [3.63, 3.8) is 0 Å². The van der Waals surface area contributed by atoms with Crippen molar-refractivity contribution in [1.82, 2.24) is 0 Å². The van der Waals surface area contributed by atoms with Gasteiger partial charge in [-0.15, -0.1) is 0 Å².